The van der Waals surface area contributed by atoms with E-state index in [4.69, 9.17) is 0 Å². The number of thiophene rings is 1. The van der Waals surface area contributed by atoms with E-state index in [2.05, 4.69) is 10.6 Å². The number of amides is 2. The first-order valence-electron chi connectivity index (χ1n) is 7.73. The summed E-state index contributed by atoms with van der Waals surface area (Å²) < 4.78 is 0. The van der Waals surface area contributed by atoms with Gasteiger partial charge in [-0.25, -0.2) is 0 Å². The fourth-order valence-electron chi connectivity index (χ4n) is 1.91. The summed E-state index contributed by atoms with van der Waals surface area (Å²) in [5.41, 5.74) is 0. The molecule has 0 aliphatic rings. The minimum atomic E-state index is -0.318. The molecule has 2 atom stereocenters. The van der Waals surface area contributed by atoms with Crippen molar-refractivity contribution in [1.82, 2.24) is 10.6 Å². The van der Waals surface area contributed by atoms with Crippen molar-refractivity contribution in [1.29, 1.82) is 0 Å². The number of aliphatic hydroxyl groups is 2. The van der Waals surface area contributed by atoms with Crippen LogP contribution < -0.4 is 10.6 Å². The Morgan fingerprint density at radius 3 is 1.52 bits per heavy atom. The second kappa shape index (κ2) is 9.00. The Bertz CT molecular complexity index is 483. The van der Waals surface area contributed by atoms with Gasteiger partial charge in [-0.15, -0.1) is 11.3 Å². The predicted octanol–water partition coefficient (Wildman–Crippen LogP) is 1.24. The lowest BCUT2D eigenvalue weighted by atomic mass is 10.1. The maximum Gasteiger partial charge on any atom is 0.261 e. The summed E-state index contributed by atoms with van der Waals surface area (Å²) in [6.07, 6.45) is 0. The Balaban J connectivity index is 2.73. The highest BCUT2D eigenvalue weighted by atomic mass is 32.1. The molecule has 0 aromatic carbocycles. The van der Waals surface area contributed by atoms with Crippen molar-refractivity contribution in [2.24, 2.45) is 11.8 Å². The molecule has 1 aromatic heterocycles. The Morgan fingerprint density at radius 1 is 0.913 bits per heavy atom. The van der Waals surface area contributed by atoms with E-state index in [1.54, 1.807) is 12.1 Å². The van der Waals surface area contributed by atoms with Gasteiger partial charge in [0.1, 0.15) is 0 Å². The zero-order valence-corrected chi connectivity index (χ0v) is 14.8. The molecule has 2 amide bonds. The van der Waals surface area contributed by atoms with Gasteiger partial charge in [0.15, 0.2) is 0 Å². The van der Waals surface area contributed by atoms with Crippen molar-refractivity contribution >= 4 is 23.2 Å². The monoisotopic (exact) mass is 342 g/mol. The molecule has 7 heteroatoms. The molecule has 1 rings (SSSR count). The minimum Gasteiger partial charge on any atom is -0.394 e. The second-order valence-corrected chi connectivity index (χ2v) is 7.26. The van der Waals surface area contributed by atoms with E-state index in [9.17, 15) is 19.8 Å². The van der Waals surface area contributed by atoms with Gasteiger partial charge in [0, 0.05) is 0 Å². The van der Waals surface area contributed by atoms with Gasteiger partial charge in [0.2, 0.25) is 0 Å². The number of nitrogens with one attached hydrogen (secondary N) is 2. The maximum atomic E-state index is 12.2. The third kappa shape index (κ3) is 5.60. The third-order valence-electron chi connectivity index (χ3n) is 3.69. The van der Waals surface area contributed by atoms with Crippen LogP contribution in [0.1, 0.15) is 47.0 Å². The van der Waals surface area contributed by atoms with Crippen LogP contribution in [0.2, 0.25) is 0 Å². The largest absolute Gasteiger partial charge is 0.394 e. The van der Waals surface area contributed by atoms with Gasteiger partial charge in [-0.05, 0) is 24.0 Å². The van der Waals surface area contributed by atoms with Crippen LogP contribution in [0, 0.1) is 11.8 Å². The summed E-state index contributed by atoms with van der Waals surface area (Å²) in [5.74, 6) is -0.375. The summed E-state index contributed by atoms with van der Waals surface area (Å²) in [6, 6.07) is 2.54. The van der Waals surface area contributed by atoms with Crippen molar-refractivity contribution < 1.29 is 19.8 Å². The van der Waals surface area contributed by atoms with E-state index in [0.29, 0.717) is 9.75 Å². The average molecular weight is 342 g/mol. The minimum absolute atomic E-state index is 0.114. The molecule has 23 heavy (non-hydrogen) atoms. The number of carbonyl (C=O) groups is 2. The first kappa shape index (κ1) is 19.6. The second-order valence-electron chi connectivity index (χ2n) is 6.18. The molecule has 0 unspecified atom stereocenters. The van der Waals surface area contributed by atoms with Crippen LogP contribution in [0.5, 0.6) is 0 Å². The van der Waals surface area contributed by atoms with Gasteiger partial charge in [-0.1, -0.05) is 27.7 Å². The highest BCUT2D eigenvalue weighted by molar-refractivity contribution is 7.15. The van der Waals surface area contributed by atoms with Gasteiger partial charge in [-0.3, -0.25) is 9.59 Å². The van der Waals surface area contributed by atoms with E-state index in [1.165, 1.54) is 0 Å². The first-order valence-corrected chi connectivity index (χ1v) is 8.55. The van der Waals surface area contributed by atoms with E-state index in [-0.39, 0.29) is 48.9 Å². The van der Waals surface area contributed by atoms with Gasteiger partial charge < -0.3 is 20.8 Å². The zero-order valence-electron chi connectivity index (χ0n) is 14.0. The number of aliphatic hydroxyl groups excluding tert-OH is 2. The molecular weight excluding hydrogens is 316 g/mol. The molecule has 6 nitrogen and oxygen atoms in total. The first-order chi connectivity index (χ1) is 10.8. The number of rotatable bonds is 8. The Morgan fingerprint density at radius 2 is 1.26 bits per heavy atom. The molecule has 0 aliphatic carbocycles. The van der Waals surface area contributed by atoms with Crippen LogP contribution in [0.15, 0.2) is 12.1 Å². The maximum absolute atomic E-state index is 12.2. The Labute approximate surface area is 140 Å². The van der Waals surface area contributed by atoms with E-state index >= 15 is 0 Å². The standard InChI is InChI=1S/C16H26N2O4S/c1-9(2)11(7-19)17-15(21)13-5-6-14(23-13)16(22)18-12(8-20)10(3)4/h5-6,9-12,19-20H,7-8H2,1-4H3,(H,17,21)(H,18,22)/t11-,12-/m1/s1. The summed E-state index contributed by atoms with van der Waals surface area (Å²) in [7, 11) is 0. The number of carbonyl (C=O) groups excluding carboxylic acids is 2. The normalized spacial score (nSPS) is 13.9. The average Bonchev–Trinajstić information content (AvgIpc) is 2.99. The van der Waals surface area contributed by atoms with E-state index in [0.717, 1.165) is 11.3 Å². The molecular formula is C16H26N2O4S. The molecule has 1 heterocycles. The summed E-state index contributed by atoms with van der Waals surface area (Å²) >= 11 is 1.09. The van der Waals surface area contributed by atoms with Crippen molar-refractivity contribution in [2.45, 2.75) is 39.8 Å². The number of hydrogen-bond acceptors (Lipinski definition) is 5. The Hall–Kier alpha value is -1.44. The van der Waals surface area contributed by atoms with Gasteiger partial charge in [0.05, 0.1) is 35.1 Å². The summed E-state index contributed by atoms with van der Waals surface area (Å²) in [5, 5.41) is 24.0. The highest BCUT2D eigenvalue weighted by Gasteiger charge is 2.21. The molecule has 4 N–H and O–H groups in total. The molecule has 130 valence electrons. The Kier molecular flexibility index (Phi) is 7.67. The lowest BCUT2D eigenvalue weighted by molar-refractivity contribution is 0.0896. The van der Waals surface area contributed by atoms with Gasteiger partial charge in [-0.2, -0.15) is 0 Å². The summed E-state index contributed by atoms with van der Waals surface area (Å²) in [4.78, 5) is 25.1. The van der Waals surface area contributed by atoms with E-state index < -0.39 is 0 Å². The van der Waals surface area contributed by atoms with E-state index in [1.807, 2.05) is 27.7 Å². The lowest BCUT2D eigenvalue weighted by Gasteiger charge is -2.19. The quantitative estimate of drug-likeness (QED) is 0.571. The molecule has 0 radical (unpaired) electrons. The van der Waals surface area contributed by atoms with Crippen LogP contribution >= 0.6 is 11.3 Å². The SMILES string of the molecule is CC(C)[C@@H](CO)NC(=O)c1ccc(C(=O)N[C@H](CO)C(C)C)s1. The lowest BCUT2D eigenvalue weighted by Crippen LogP contribution is -2.41. The molecule has 0 saturated heterocycles. The highest BCUT2D eigenvalue weighted by Crippen LogP contribution is 2.17. The zero-order chi connectivity index (χ0) is 17.6. The van der Waals surface area contributed by atoms with Crippen molar-refractivity contribution in [3.05, 3.63) is 21.9 Å². The summed E-state index contributed by atoms with van der Waals surface area (Å²) in [6.45, 7) is 7.39. The van der Waals surface area contributed by atoms with Crippen molar-refractivity contribution in [2.75, 3.05) is 13.2 Å². The molecule has 1 aromatic rings. The molecule has 0 aliphatic heterocycles. The molecule has 0 spiro atoms. The van der Waals surface area contributed by atoms with Crippen LogP contribution in [0.25, 0.3) is 0 Å². The smallest absolute Gasteiger partial charge is 0.261 e. The van der Waals surface area contributed by atoms with Gasteiger partial charge in [0.25, 0.3) is 11.8 Å². The van der Waals surface area contributed by atoms with Crippen LogP contribution in [-0.4, -0.2) is 47.3 Å². The third-order valence-corrected chi connectivity index (χ3v) is 4.77. The van der Waals surface area contributed by atoms with Gasteiger partial charge >= 0.3 is 0 Å². The van der Waals surface area contributed by atoms with Crippen LogP contribution in [0.4, 0.5) is 0 Å². The molecule has 0 bridgehead atoms. The molecule has 0 saturated carbocycles. The van der Waals surface area contributed by atoms with Crippen molar-refractivity contribution in [3.63, 3.8) is 0 Å². The topological polar surface area (TPSA) is 98.7 Å². The number of hydrogen-bond donors (Lipinski definition) is 4. The van der Waals surface area contributed by atoms with Crippen LogP contribution in [0.3, 0.4) is 0 Å². The fourth-order valence-corrected chi connectivity index (χ4v) is 2.72. The fraction of sp³-hybridized carbons (Fsp3) is 0.625. The van der Waals surface area contributed by atoms with Crippen LogP contribution in [-0.2, 0) is 0 Å². The molecule has 0 fully saturated rings. The van der Waals surface area contributed by atoms with Crippen molar-refractivity contribution in [3.8, 4) is 0 Å². The predicted molar refractivity (Wildman–Crippen MR) is 90.7 cm³/mol.